The van der Waals surface area contributed by atoms with Crippen LogP contribution in [-0.4, -0.2) is 23.2 Å². The van der Waals surface area contributed by atoms with E-state index >= 15 is 0 Å². The predicted molar refractivity (Wildman–Crippen MR) is 88.1 cm³/mol. The number of aliphatic imine (C=N–C) groups is 1. The zero-order chi connectivity index (χ0) is 15.4. The fourth-order valence-electron chi connectivity index (χ4n) is 2.34. The van der Waals surface area contributed by atoms with Gasteiger partial charge in [0, 0.05) is 12.3 Å². The van der Waals surface area contributed by atoms with Crippen molar-refractivity contribution in [3.05, 3.63) is 59.8 Å². The molecule has 0 amide bonds. The highest BCUT2D eigenvalue weighted by molar-refractivity contribution is 8.01. The number of hydrogen-bond donors (Lipinski definition) is 0. The first-order chi connectivity index (χ1) is 10.7. The zero-order valence-corrected chi connectivity index (χ0v) is 13.0. The number of rotatable bonds is 4. The van der Waals surface area contributed by atoms with Gasteiger partial charge in [0.15, 0.2) is 0 Å². The van der Waals surface area contributed by atoms with E-state index in [0.717, 1.165) is 11.6 Å². The zero-order valence-electron chi connectivity index (χ0n) is 12.2. The minimum atomic E-state index is -0.159. The van der Waals surface area contributed by atoms with Gasteiger partial charge < -0.3 is 4.74 Å². The van der Waals surface area contributed by atoms with E-state index in [-0.39, 0.29) is 4.75 Å². The minimum Gasteiger partial charge on any atom is -0.471 e. The quantitative estimate of drug-likeness (QED) is 0.868. The average molecular weight is 309 g/mol. The Morgan fingerprint density at radius 1 is 1.27 bits per heavy atom. The van der Waals surface area contributed by atoms with E-state index < -0.39 is 0 Å². The second-order valence-corrected chi connectivity index (χ2v) is 6.43. The average Bonchev–Trinajstić information content (AvgIpc) is 2.96. The maximum atomic E-state index is 8.77. The molecular formula is C17H15N3OS. The fraction of sp³-hybridized carbons (Fsp3) is 0.235. The summed E-state index contributed by atoms with van der Waals surface area (Å²) >= 11 is 1.80. The lowest BCUT2D eigenvalue weighted by Gasteiger charge is -2.25. The van der Waals surface area contributed by atoms with Crippen molar-refractivity contribution in [1.29, 1.82) is 5.26 Å². The van der Waals surface area contributed by atoms with Gasteiger partial charge in [0.05, 0.1) is 21.9 Å². The minimum absolute atomic E-state index is 0.159. The van der Waals surface area contributed by atoms with Gasteiger partial charge in [-0.1, -0.05) is 30.3 Å². The Morgan fingerprint density at radius 3 is 2.77 bits per heavy atom. The molecule has 4 nitrogen and oxygen atoms in total. The van der Waals surface area contributed by atoms with Gasteiger partial charge in [0.25, 0.3) is 0 Å². The van der Waals surface area contributed by atoms with Crippen LogP contribution in [0.2, 0.25) is 0 Å². The first-order valence-electron chi connectivity index (χ1n) is 6.94. The molecule has 0 fully saturated rings. The number of ether oxygens (including phenoxy) is 1. The molecule has 5 heteroatoms. The molecule has 1 atom stereocenters. The molecule has 22 heavy (non-hydrogen) atoms. The lowest BCUT2D eigenvalue weighted by atomic mass is 9.95. The normalized spacial score (nSPS) is 20.3. The summed E-state index contributed by atoms with van der Waals surface area (Å²) in [5, 5.41) is 8.77. The Labute approximate surface area is 133 Å². The number of benzene rings is 1. The van der Waals surface area contributed by atoms with Crippen LogP contribution in [0.5, 0.6) is 5.88 Å². The smallest absolute Gasteiger partial charge is 0.213 e. The van der Waals surface area contributed by atoms with Crippen molar-refractivity contribution in [3.63, 3.8) is 0 Å². The van der Waals surface area contributed by atoms with Gasteiger partial charge in [-0.2, -0.15) is 5.26 Å². The van der Waals surface area contributed by atoms with Gasteiger partial charge in [-0.25, -0.2) is 4.98 Å². The molecule has 1 unspecified atom stereocenters. The van der Waals surface area contributed by atoms with Gasteiger partial charge >= 0.3 is 0 Å². The molecule has 0 saturated heterocycles. The molecule has 0 bridgehead atoms. The molecule has 0 saturated carbocycles. The van der Waals surface area contributed by atoms with Crippen LogP contribution in [0.15, 0.2) is 53.7 Å². The molecule has 2 aromatic rings. The molecular weight excluding hydrogens is 294 g/mol. The summed E-state index contributed by atoms with van der Waals surface area (Å²) in [4.78, 5) is 8.71. The largest absolute Gasteiger partial charge is 0.471 e. The number of thioether (sulfide) groups is 1. The van der Waals surface area contributed by atoms with Crippen LogP contribution < -0.4 is 4.74 Å². The molecule has 1 aromatic carbocycles. The third-order valence-electron chi connectivity index (χ3n) is 3.71. The molecule has 1 aliphatic heterocycles. The van der Waals surface area contributed by atoms with Gasteiger partial charge in [0.2, 0.25) is 5.88 Å². The van der Waals surface area contributed by atoms with Crippen molar-refractivity contribution in [2.75, 3.05) is 12.5 Å². The van der Waals surface area contributed by atoms with Crippen LogP contribution >= 0.6 is 11.8 Å². The van der Waals surface area contributed by atoms with Gasteiger partial charge in [-0.15, -0.1) is 11.8 Å². The highest BCUT2D eigenvalue weighted by atomic mass is 32.2. The summed E-state index contributed by atoms with van der Waals surface area (Å²) in [6.07, 6.45) is 1.51. The van der Waals surface area contributed by atoms with Crippen LogP contribution in [0.1, 0.15) is 18.1 Å². The predicted octanol–water partition coefficient (Wildman–Crippen LogP) is 3.39. The Bertz CT molecular complexity index is 722. The highest BCUT2D eigenvalue weighted by Crippen LogP contribution is 2.41. The van der Waals surface area contributed by atoms with Crippen LogP contribution in [0, 0.1) is 11.3 Å². The van der Waals surface area contributed by atoms with Crippen molar-refractivity contribution in [3.8, 4) is 11.9 Å². The number of nitrogens with zero attached hydrogens (tertiary/aromatic N) is 3. The summed E-state index contributed by atoms with van der Waals surface area (Å²) in [5.74, 6) is 1.25. The van der Waals surface area contributed by atoms with Crippen molar-refractivity contribution < 1.29 is 4.74 Å². The molecule has 3 rings (SSSR count). The van der Waals surface area contributed by atoms with Gasteiger partial charge in [0.1, 0.15) is 12.7 Å². The maximum absolute atomic E-state index is 8.77. The van der Waals surface area contributed by atoms with E-state index in [1.807, 2.05) is 24.3 Å². The Hall–Kier alpha value is -2.32. The Morgan fingerprint density at radius 2 is 2.09 bits per heavy atom. The van der Waals surface area contributed by atoms with Crippen LogP contribution in [0.3, 0.4) is 0 Å². The third kappa shape index (κ3) is 2.83. The highest BCUT2D eigenvalue weighted by Gasteiger charge is 2.37. The maximum Gasteiger partial charge on any atom is 0.213 e. The molecule has 0 radical (unpaired) electrons. The third-order valence-corrected chi connectivity index (χ3v) is 5.01. The lowest BCUT2D eigenvalue weighted by Crippen LogP contribution is -2.30. The number of hydrogen-bond acceptors (Lipinski definition) is 5. The standard InChI is InChI=1S/C17H15N3OS/c1-17(14-5-3-2-4-6-14)15(20-12-22-17)11-21-16-8-7-13(9-18)10-19-16/h2-8,10H,11-12H2,1H3. The van der Waals surface area contributed by atoms with E-state index in [4.69, 9.17) is 10.00 Å². The van der Waals surface area contributed by atoms with Crippen LogP contribution in [0.25, 0.3) is 0 Å². The molecule has 0 aliphatic carbocycles. The first-order valence-corrected chi connectivity index (χ1v) is 7.93. The number of pyridine rings is 1. The van der Waals surface area contributed by atoms with Crippen LogP contribution in [0.4, 0.5) is 0 Å². The second kappa shape index (κ2) is 6.20. The number of aromatic nitrogens is 1. The molecule has 110 valence electrons. The summed E-state index contributed by atoms with van der Waals surface area (Å²) in [5.41, 5.74) is 2.76. The summed E-state index contributed by atoms with van der Waals surface area (Å²) in [6, 6.07) is 15.8. The van der Waals surface area contributed by atoms with E-state index in [0.29, 0.717) is 18.1 Å². The van der Waals surface area contributed by atoms with E-state index in [1.54, 1.807) is 23.9 Å². The van der Waals surface area contributed by atoms with Gasteiger partial charge in [-0.05, 0) is 18.6 Å². The first kappa shape index (κ1) is 14.6. The molecule has 1 aromatic heterocycles. The fourth-order valence-corrected chi connectivity index (χ4v) is 3.41. The van der Waals surface area contributed by atoms with E-state index in [9.17, 15) is 0 Å². The van der Waals surface area contributed by atoms with Crippen LogP contribution in [-0.2, 0) is 4.75 Å². The molecule has 1 aliphatic rings. The summed E-state index contributed by atoms with van der Waals surface area (Å²) in [6.45, 7) is 2.58. The molecule has 2 heterocycles. The van der Waals surface area contributed by atoms with E-state index in [2.05, 4.69) is 29.0 Å². The van der Waals surface area contributed by atoms with Crippen molar-refractivity contribution in [1.82, 2.24) is 4.98 Å². The van der Waals surface area contributed by atoms with Crippen molar-refractivity contribution in [2.45, 2.75) is 11.7 Å². The molecule has 0 spiro atoms. The summed E-state index contributed by atoms with van der Waals surface area (Å²) < 4.78 is 5.58. The topological polar surface area (TPSA) is 58.3 Å². The van der Waals surface area contributed by atoms with Crippen molar-refractivity contribution in [2.24, 2.45) is 4.99 Å². The number of nitriles is 1. The van der Waals surface area contributed by atoms with Crippen molar-refractivity contribution >= 4 is 17.5 Å². The Balaban J connectivity index is 1.73. The Kier molecular flexibility index (Phi) is 4.12. The lowest BCUT2D eigenvalue weighted by molar-refractivity contribution is 0.357. The van der Waals surface area contributed by atoms with Gasteiger partial charge in [-0.3, -0.25) is 4.99 Å². The summed E-state index contributed by atoms with van der Waals surface area (Å²) in [7, 11) is 0. The second-order valence-electron chi connectivity index (χ2n) is 5.06. The van der Waals surface area contributed by atoms with E-state index in [1.165, 1.54) is 11.8 Å². The SMILES string of the molecule is CC1(c2ccccc2)SCN=C1COc1ccc(C#N)cn1. The molecule has 0 N–H and O–H groups in total. The monoisotopic (exact) mass is 309 g/mol.